The summed E-state index contributed by atoms with van der Waals surface area (Å²) in [4.78, 5) is 38.3. The second kappa shape index (κ2) is 10.5. The largest absolute Gasteiger partial charge is 0.353 e. The normalized spacial score (nSPS) is 18.1. The van der Waals surface area contributed by atoms with Crippen molar-refractivity contribution in [2.45, 2.75) is 26.8 Å². The number of aryl methyl sites for hydroxylation is 1. The average molecular weight is 520 g/mol. The monoisotopic (exact) mass is 519 g/mol. The number of benzene rings is 1. The zero-order valence-electron chi connectivity index (χ0n) is 20.5. The van der Waals surface area contributed by atoms with Crippen LogP contribution in [0.2, 0.25) is 0 Å². The summed E-state index contributed by atoms with van der Waals surface area (Å²) in [5.74, 6) is 0.489. The van der Waals surface area contributed by atoms with Gasteiger partial charge in [-0.25, -0.2) is 4.98 Å². The SMILES string of the molecule is CCCN1C(=O)/C(=C\c2c(N3CCN(Cc4ccccc4)CC3)nc3ccc(C)cn3c2=O)SC1=S. The van der Waals surface area contributed by atoms with E-state index in [1.165, 1.54) is 17.3 Å². The third-order valence-corrected chi connectivity index (χ3v) is 7.88. The number of aromatic nitrogens is 2. The summed E-state index contributed by atoms with van der Waals surface area (Å²) in [6, 6.07) is 14.3. The number of rotatable bonds is 6. The Morgan fingerprint density at radius 1 is 1.06 bits per heavy atom. The van der Waals surface area contributed by atoms with Crippen LogP contribution in [-0.2, 0) is 11.3 Å². The maximum absolute atomic E-state index is 13.7. The highest BCUT2D eigenvalue weighted by molar-refractivity contribution is 8.26. The molecule has 1 aromatic carbocycles. The summed E-state index contributed by atoms with van der Waals surface area (Å²) in [6.45, 7) is 8.66. The lowest BCUT2D eigenvalue weighted by Crippen LogP contribution is -2.47. The van der Waals surface area contributed by atoms with E-state index in [0.29, 0.717) is 32.8 Å². The molecular formula is C27H29N5O2S2. The Hall–Kier alpha value is -3.01. The molecule has 0 atom stereocenters. The fraction of sp³-hybridized carbons (Fsp3) is 0.333. The molecule has 36 heavy (non-hydrogen) atoms. The van der Waals surface area contributed by atoms with Crippen LogP contribution in [-0.4, -0.2) is 62.1 Å². The number of amides is 1. The Morgan fingerprint density at radius 2 is 1.81 bits per heavy atom. The van der Waals surface area contributed by atoms with Gasteiger partial charge in [-0.1, -0.05) is 67.3 Å². The van der Waals surface area contributed by atoms with Crippen LogP contribution in [0.3, 0.4) is 0 Å². The van der Waals surface area contributed by atoms with Crippen LogP contribution in [0.1, 0.15) is 30.0 Å². The van der Waals surface area contributed by atoms with E-state index < -0.39 is 0 Å². The minimum atomic E-state index is -0.175. The molecule has 0 radical (unpaired) electrons. The third kappa shape index (κ3) is 4.96. The van der Waals surface area contributed by atoms with Crippen LogP contribution in [0, 0.1) is 6.92 Å². The fourth-order valence-electron chi connectivity index (χ4n) is 4.62. The molecule has 3 aromatic rings. The first-order valence-electron chi connectivity index (χ1n) is 12.2. The Balaban J connectivity index is 1.49. The molecular weight excluding hydrogens is 490 g/mol. The summed E-state index contributed by atoms with van der Waals surface area (Å²) in [6.07, 6.45) is 4.31. The minimum Gasteiger partial charge on any atom is -0.353 e. The molecule has 0 aliphatic carbocycles. The number of piperazine rings is 1. The van der Waals surface area contributed by atoms with Crippen molar-refractivity contribution in [3.63, 3.8) is 0 Å². The highest BCUT2D eigenvalue weighted by Crippen LogP contribution is 2.33. The van der Waals surface area contributed by atoms with Crippen LogP contribution in [0.15, 0.2) is 58.4 Å². The molecule has 0 N–H and O–H groups in total. The van der Waals surface area contributed by atoms with Crippen LogP contribution >= 0.6 is 24.0 Å². The number of hydrogen-bond acceptors (Lipinski definition) is 7. The maximum Gasteiger partial charge on any atom is 0.267 e. The number of anilines is 1. The minimum absolute atomic E-state index is 0.140. The van der Waals surface area contributed by atoms with Gasteiger partial charge < -0.3 is 4.90 Å². The lowest BCUT2D eigenvalue weighted by Gasteiger charge is -2.36. The molecule has 2 fully saturated rings. The molecule has 1 amide bonds. The number of fused-ring (bicyclic) bond motifs is 1. The predicted octanol–water partition coefficient (Wildman–Crippen LogP) is 3.94. The van der Waals surface area contributed by atoms with Gasteiger partial charge in [0.2, 0.25) is 0 Å². The molecule has 0 bridgehead atoms. The average Bonchev–Trinajstić information content (AvgIpc) is 3.15. The van der Waals surface area contributed by atoms with Crippen LogP contribution in [0.4, 0.5) is 5.82 Å². The van der Waals surface area contributed by atoms with E-state index in [4.69, 9.17) is 17.2 Å². The van der Waals surface area contributed by atoms with Crippen molar-refractivity contribution in [2.24, 2.45) is 0 Å². The first-order valence-corrected chi connectivity index (χ1v) is 13.5. The molecule has 5 rings (SSSR count). The van der Waals surface area contributed by atoms with Gasteiger partial charge in [-0.15, -0.1) is 0 Å². The summed E-state index contributed by atoms with van der Waals surface area (Å²) in [5, 5.41) is 0. The smallest absolute Gasteiger partial charge is 0.267 e. The van der Waals surface area contributed by atoms with Crippen LogP contribution in [0.5, 0.6) is 0 Å². The molecule has 0 unspecified atom stereocenters. The number of carbonyl (C=O) groups excluding carboxylic acids is 1. The first kappa shape index (κ1) is 24.7. The lowest BCUT2D eigenvalue weighted by molar-refractivity contribution is -0.122. The van der Waals surface area contributed by atoms with Crippen molar-refractivity contribution in [2.75, 3.05) is 37.6 Å². The van der Waals surface area contributed by atoms with Gasteiger partial charge in [-0.05, 0) is 36.6 Å². The van der Waals surface area contributed by atoms with Crippen LogP contribution in [0.25, 0.3) is 11.7 Å². The van der Waals surface area contributed by atoms with E-state index in [-0.39, 0.29) is 11.5 Å². The third-order valence-electron chi connectivity index (χ3n) is 6.50. The molecule has 2 aromatic heterocycles. The van der Waals surface area contributed by atoms with Gasteiger partial charge in [0.05, 0.1) is 10.5 Å². The molecule has 7 nitrogen and oxygen atoms in total. The zero-order chi connectivity index (χ0) is 25.2. The van der Waals surface area contributed by atoms with Crippen molar-refractivity contribution in [1.29, 1.82) is 0 Å². The van der Waals surface area contributed by atoms with Gasteiger partial charge in [-0.2, -0.15) is 0 Å². The van der Waals surface area contributed by atoms with Crippen molar-refractivity contribution in [3.8, 4) is 0 Å². The van der Waals surface area contributed by atoms with Gasteiger partial charge in [0, 0.05) is 45.5 Å². The molecule has 0 spiro atoms. The lowest BCUT2D eigenvalue weighted by atomic mass is 10.2. The maximum atomic E-state index is 13.7. The Kier molecular flexibility index (Phi) is 7.22. The second-order valence-corrected chi connectivity index (χ2v) is 10.8. The molecule has 2 aliphatic heterocycles. The number of pyridine rings is 1. The van der Waals surface area contributed by atoms with Gasteiger partial charge in [0.25, 0.3) is 11.5 Å². The van der Waals surface area contributed by atoms with Crippen molar-refractivity contribution in [1.82, 2.24) is 19.2 Å². The Bertz CT molecular complexity index is 1390. The van der Waals surface area contributed by atoms with E-state index in [2.05, 4.69) is 34.1 Å². The number of hydrogen-bond donors (Lipinski definition) is 0. The van der Waals surface area contributed by atoms with Gasteiger partial charge in [0.1, 0.15) is 15.8 Å². The molecule has 186 valence electrons. The first-order chi connectivity index (χ1) is 17.4. The van der Waals surface area contributed by atoms with Crippen molar-refractivity contribution >= 4 is 51.7 Å². The molecule has 9 heteroatoms. The van der Waals surface area contributed by atoms with E-state index in [1.54, 1.807) is 21.6 Å². The summed E-state index contributed by atoms with van der Waals surface area (Å²) in [7, 11) is 0. The van der Waals surface area contributed by atoms with Gasteiger partial charge >= 0.3 is 0 Å². The van der Waals surface area contributed by atoms with E-state index in [9.17, 15) is 9.59 Å². The molecule has 4 heterocycles. The van der Waals surface area contributed by atoms with E-state index >= 15 is 0 Å². The van der Waals surface area contributed by atoms with Gasteiger partial charge in [-0.3, -0.25) is 23.8 Å². The highest BCUT2D eigenvalue weighted by Gasteiger charge is 2.32. The molecule has 2 saturated heterocycles. The van der Waals surface area contributed by atoms with E-state index in [1.807, 2.05) is 32.0 Å². The fourth-order valence-corrected chi connectivity index (χ4v) is 5.91. The number of thioether (sulfide) groups is 1. The van der Waals surface area contributed by atoms with Gasteiger partial charge in [0.15, 0.2) is 0 Å². The number of thiocarbonyl (C=S) groups is 1. The van der Waals surface area contributed by atoms with Crippen LogP contribution < -0.4 is 10.5 Å². The van der Waals surface area contributed by atoms with Crippen molar-refractivity contribution in [3.05, 3.63) is 80.6 Å². The quantitative estimate of drug-likeness (QED) is 0.361. The topological polar surface area (TPSA) is 61.2 Å². The standard InChI is InChI=1S/C27H29N5O2S2/c1-3-11-31-26(34)22(36-27(31)35)16-21-24(28-23-10-9-19(2)17-32(23)25(21)33)30-14-12-29(13-15-30)18-20-7-5-4-6-8-20/h4-10,16-17H,3,11-15,18H2,1-2H3/b22-16+. The highest BCUT2D eigenvalue weighted by atomic mass is 32.2. The second-order valence-electron chi connectivity index (χ2n) is 9.17. The molecule has 2 aliphatic rings. The van der Waals surface area contributed by atoms with E-state index in [0.717, 1.165) is 44.7 Å². The molecule has 0 saturated carbocycles. The number of carbonyl (C=O) groups is 1. The Labute approximate surface area is 220 Å². The summed E-state index contributed by atoms with van der Waals surface area (Å²) < 4.78 is 2.11. The predicted molar refractivity (Wildman–Crippen MR) is 150 cm³/mol. The summed E-state index contributed by atoms with van der Waals surface area (Å²) >= 11 is 6.70. The Morgan fingerprint density at radius 3 is 2.53 bits per heavy atom. The van der Waals surface area contributed by atoms with Crippen molar-refractivity contribution < 1.29 is 4.79 Å². The number of nitrogens with zero attached hydrogens (tertiary/aromatic N) is 5. The summed E-state index contributed by atoms with van der Waals surface area (Å²) in [5.41, 5.74) is 3.12. The zero-order valence-corrected chi connectivity index (χ0v) is 22.1.